The molecule has 0 aromatic heterocycles. The van der Waals surface area contributed by atoms with Crippen LogP contribution in [0.3, 0.4) is 0 Å². The summed E-state index contributed by atoms with van der Waals surface area (Å²) in [6, 6.07) is 21.4. The molecule has 4 rings (SSSR count). The van der Waals surface area contributed by atoms with Gasteiger partial charge < -0.3 is 9.47 Å². The van der Waals surface area contributed by atoms with Gasteiger partial charge >= 0.3 is 0 Å². The Morgan fingerprint density at radius 1 is 0.941 bits per heavy atom. The molecule has 1 aliphatic rings. The molecule has 1 fully saturated rings. The number of amidine groups is 1. The van der Waals surface area contributed by atoms with Crippen molar-refractivity contribution in [3.05, 3.63) is 88.3 Å². The van der Waals surface area contributed by atoms with Crippen LogP contribution in [0.25, 0.3) is 6.08 Å². The van der Waals surface area contributed by atoms with Crippen molar-refractivity contribution in [2.24, 2.45) is 4.99 Å². The molecule has 6 heteroatoms. The number of anilines is 1. The Balaban J connectivity index is 1.76. The number of benzene rings is 3. The first-order valence-electron chi connectivity index (χ1n) is 11.2. The summed E-state index contributed by atoms with van der Waals surface area (Å²) < 4.78 is 11.3. The first kappa shape index (κ1) is 23.6. The lowest BCUT2D eigenvalue weighted by molar-refractivity contribution is -0.113. The Morgan fingerprint density at radius 3 is 2.29 bits per heavy atom. The Hall–Kier alpha value is -3.51. The minimum Gasteiger partial charge on any atom is -0.493 e. The van der Waals surface area contributed by atoms with Crippen LogP contribution < -0.4 is 14.4 Å². The molecule has 0 saturated carbocycles. The zero-order chi connectivity index (χ0) is 24.2. The Bertz CT molecular complexity index is 1250. The van der Waals surface area contributed by atoms with Gasteiger partial charge in [0, 0.05) is 0 Å². The van der Waals surface area contributed by atoms with E-state index in [-0.39, 0.29) is 12.0 Å². The van der Waals surface area contributed by atoms with Gasteiger partial charge in [-0.2, -0.15) is 0 Å². The highest BCUT2D eigenvalue weighted by molar-refractivity contribution is 8.19. The number of aryl methyl sites for hydroxylation is 2. The molecule has 1 aliphatic heterocycles. The van der Waals surface area contributed by atoms with Gasteiger partial charge in [-0.3, -0.25) is 9.69 Å². The number of hydrogen-bond acceptors (Lipinski definition) is 5. The summed E-state index contributed by atoms with van der Waals surface area (Å²) in [4.78, 5) is 20.8. The fourth-order valence-electron chi connectivity index (χ4n) is 3.71. The van der Waals surface area contributed by atoms with E-state index in [9.17, 15) is 4.79 Å². The average Bonchev–Trinajstić information content (AvgIpc) is 3.12. The smallest absolute Gasteiger partial charge is 0.271 e. The van der Waals surface area contributed by atoms with Crippen molar-refractivity contribution < 1.29 is 14.3 Å². The quantitative estimate of drug-likeness (QED) is 0.366. The molecule has 0 unspecified atom stereocenters. The van der Waals surface area contributed by atoms with Crippen LogP contribution in [0.4, 0.5) is 11.4 Å². The number of thioether (sulfide) groups is 1. The average molecular weight is 473 g/mol. The lowest BCUT2D eigenvalue weighted by Gasteiger charge is -2.16. The predicted molar refractivity (Wildman–Crippen MR) is 141 cm³/mol. The third-order valence-corrected chi connectivity index (χ3v) is 6.28. The molecule has 0 bridgehead atoms. The first-order valence-corrected chi connectivity index (χ1v) is 12.0. The molecule has 34 heavy (non-hydrogen) atoms. The minimum atomic E-state index is -0.109. The van der Waals surface area contributed by atoms with Gasteiger partial charge in [0.25, 0.3) is 5.91 Å². The minimum absolute atomic E-state index is 0.0353. The van der Waals surface area contributed by atoms with Crippen molar-refractivity contribution in [1.82, 2.24) is 0 Å². The summed E-state index contributed by atoms with van der Waals surface area (Å²) in [6.45, 7) is 8.01. The molecule has 0 radical (unpaired) electrons. The molecule has 3 aromatic carbocycles. The molecule has 0 aliphatic carbocycles. The monoisotopic (exact) mass is 472 g/mol. The molecule has 1 saturated heterocycles. The van der Waals surface area contributed by atoms with Gasteiger partial charge in [-0.05, 0) is 86.5 Å². The second-order valence-corrected chi connectivity index (χ2v) is 9.31. The number of nitrogens with zero attached hydrogens (tertiary/aromatic N) is 2. The fraction of sp³-hybridized carbons (Fsp3) is 0.214. The van der Waals surface area contributed by atoms with E-state index in [1.807, 2.05) is 101 Å². The number of methoxy groups -OCH3 is 1. The highest BCUT2D eigenvalue weighted by Crippen LogP contribution is 2.39. The summed E-state index contributed by atoms with van der Waals surface area (Å²) in [5.74, 6) is 1.19. The second-order valence-electron chi connectivity index (χ2n) is 8.30. The second kappa shape index (κ2) is 10.2. The van der Waals surface area contributed by atoms with Crippen molar-refractivity contribution in [2.75, 3.05) is 12.0 Å². The van der Waals surface area contributed by atoms with E-state index in [1.165, 1.54) is 11.8 Å². The third-order valence-electron chi connectivity index (χ3n) is 5.32. The number of rotatable bonds is 6. The summed E-state index contributed by atoms with van der Waals surface area (Å²) in [6.07, 6.45) is 1.91. The van der Waals surface area contributed by atoms with Crippen LogP contribution in [0.1, 0.15) is 30.5 Å². The van der Waals surface area contributed by atoms with Gasteiger partial charge in [0.05, 0.1) is 29.5 Å². The summed E-state index contributed by atoms with van der Waals surface area (Å²) >= 11 is 1.37. The maximum Gasteiger partial charge on any atom is 0.271 e. The molecule has 0 spiro atoms. The number of hydrogen-bond donors (Lipinski definition) is 0. The third kappa shape index (κ3) is 5.02. The van der Waals surface area contributed by atoms with E-state index in [0.717, 1.165) is 28.1 Å². The zero-order valence-electron chi connectivity index (χ0n) is 20.0. The maximum absolute atomic E-state index is 13.5. The molecule has 1 heterocycles. The normalized spacial score (nSPS) is 16.1. The van der Waals surface area contributed by atoms with Gasteiger partial charge in [-0.15, -0.1) is 0 Å². The van der Waals surface area contributed by atoms with E-state index in [0.29, 0.717) is 21.6 Å². The molecule has 3 aromatic rings. The summed E-state index contributed by atoms with van der Waals surface area (Å²) in [7, 11) is 1.61. The lowest BCUT2D eigenvalue weighted by Crippen LogP contribution is -2.28. The summed E-state index contributed by atoms with van der Waals surface area (Å²) in [5, 5.41) is 0.631. The van der Waals surface area contributed by atoms with Gasteiger partial charge in [-0.1, -0.05) is 42.5 Å². The molecular weight excluding hydrogens is 444 g/mol. The van der Waals surface area contributed by atoms with Gasteiger partial charge in [0.15, 0.2) is 16.7 Å². The topological polar surface area (TPSA) is 51.1 Å². The van der Waals surface area contributed by atoms with Gasteiger partial charge in [-0.25, -0.2) is 4.99 Å². The number of carbonyl (C=O) groups is 1. The largest absolute Gasteiger partial charge is 0.493 e. The molecule has 0 N–H and O–H groups in total. The van der Waals surface area contributed by atoms with E-state index in [1.54, 1.807) is 12.0 Å². The van der Waals surface area contributed by atoms with Crippen LogP contribution in [-0.2, 0) is 4.79 Å². The molecule has 5 nitrogen and oxygen atoms in total. The van der Waals surface area contributed by atoms with Crippen LogP contribution in [0.15, 0.2) is 76.6 Å². The number of carbonyl (C=O) groups excluding carboxylic acids is 1. The van der Waals surface area contributed by atoms with Gasteiger partial charge in [0.1, 0.15) is 0 Å². The van der Waals surface area contributed by atoms with Crippen molar-refractivity contribution in [2.45, 2.75) is 33.8 Å². The van der Waals surface area contributed by atoms with Crippen LogP contribution >= 0.6 is 11.8 Å². The van der Waals surface area contributed by atoms with E-state index in [4.69, 9.17) is 14.5 Å². The maximum atomic E-state index is 13.5. The van der Waals surface area contributed by atoms with Gasteiger partial charge in [0.2, 0.25) is 0 Å². The van der Waals surface area contributed by atoms with E-state index < -0.39 is 0 Å². The van der Waals surface area contributed by atoms with Crippen molar-refractivity contribution in [3.8, 4) is 11.5 Å². The Kier molecular flexibility index (Phi) is 7.08. The molecular formula is C28H28N2O3S. The standard InChI is InChI=1S/C28H28N2O3S/c1-18(2)33-23-15-14-21(16-24(23)32-5)17-25-27(31)30(22-12-7-6-8-13-22)28(34-25)29-26-19(3)10-9-11-20(26)4/h6-18H,1-5H3/b25-17-,29-28?. The van der Waals surface area contributed by atoms with Crippen molar-refractivity contribution >= 4 is 40.3 Å². The molecule has 0 atom stereocenters. The number of amides is 1. The zero-order valence-corrected chi connectivity index (χ0v) is 20.8. The number of ether oxygens (including phenoxy) is 2. The summed E-state index contributed by atoms with van der Waals surface area (Å²) in [5.41, 5.74) is 4.65. The van der Waals surface area contributed by atoms with Crippen molar-refractivity contribution in [1.29, 1.82) is 0 Å². The van der Waals surface area contributed by atoms with E-state index >= 15 is 0 Å². The lowest BCUT2D eigenvalue weighted by atomic mass is 10.1. The van der Waals surface area contributed by atoms with Crippen molar-refractivity contribution in [3.63, 3.8) is 0 Å². The van der Waals surface area contributed by atoms with E-state index in [2.05, 4.69) is 0 Å². The number of aliphatic imine (C=N–C) groups is 1. The number of para-hydroxylation sites is 2. The first-order chi connectivity index (χ1) is 16.4. The SMILES string of the molecule is COc1cc(/C=C2\SC(=Nc3c(C)cccc3C)N(c3ccccc3)C2=O)ccc1OC(C)C. The van der Waals surface area contributed by atoms with Crippen LogP contribution in [-0.4, -0.2) is 24.3 Å². The molecule has 1 amide bonds. The van der Waals surface area contributed by atoms with Crippen LogP contribution in [0, 0.1) is 13.8 Å². The predicted octanol–water partition coefficient (Wildman–Crippen LogP) is 6.91. The highest BCUT2D eigenvalue weighted by Gasteiger charge is 2.35. The molecule has 174 valence electrons. The van der Waals surface area contributed by atoms with Crippen LogP contribution in [0.5, 0.6) is 11.5 Å². The Labute approximate surface area is 205 Å². The fourth-order valence-corrected chi connectivity index (χ4v) is 4.69. The Morgan fingerprint density at radius 2 is 1.65 bits per heavy atom. The van der Waals surface area contributed by atoms with Crippen LogP contribution in [0.2, 0.25) is 0 Å². The highest BCUT2D eigenvalue weighted by atomic mass is 32.2.